The highest BCUT2D eigenvalue weighted by molar-refractivity contribution is 7.80. The van der Waals surface area contributed by atoms with Gasteiger partial charge in [0.2, 0.25) is 0 Å². The molecule has 0 bridgehead atoms. The fourth-order valence-electron chi connectivity index (χ4n) is 1.86. The zero-order valence-corrected chi connectivity index (χ0v) is 15.3. The summed E-state index contributed by atoms with van der Waals surface area (Å²) in [6.07, 6.45) is 1.03. The summed E-state index contributed by atoms with van der Waals surface area (Å²) >= 11 is 10.4. The molecule has 0 amide bonds. The van der Waals surface area contributed by atoms with E-state index in [0.29, 0.717) is 10.2 Å². The first-order valence-electron chi connectivity index (χ1n) is 7.21. The van der Waals surface area contributed by atoms with E-state index >= 15 is 0 Å². The lowest BCUT2D eigenvalue weighted by atomic mass is 10.1. The molecule has 0 aliphatic heterocycles. The number of hydrogen-bond acceptors (Lipinski definition) is 3. The molecule has 0 heterocycles. The van der Waals surface area contributed by atoms with Gasteiger partial charge in [-0.3, -0.25) is 10.9 Å². The van der Waals surface area contributed by atoms with Crippen LogP contribution >= 0.6 is 24.4 Å². The molecule has 0 atom stereocenters. The Morgan fingerprint density at radius 3 is 2.41 bits per heavy atom. The van der Waals surface area contributed by atoms with E-state index in [4.69, 9.17) is 24.4 Å². The van der Waals surface area contributed by atoms with Gasteiger partial charge in [0.25, 0.3) is 0 Å². The van der Waals surface area contributed by atoms with E-state index in [1.807, 2.05) is 19.1 Å². The van der Waals surface area contributed by atoms with Crippen molar-refractivity contribution >= 4 is 40.3 Å². The van der Waals surface area contributed by atoms with Gasteiger partial charge in [-0.25, -0.2) is 0 Å². The molecule has 5 nitrogen and oxygen atoms in total. The third-order valence-electron chi connectivity index (χ3n) is 2.99. The van der Waals surface area contributed by atoms with E-state index in [1.54, 1.807) is 0 Å². The maximum Gasteiger partial charge on any atom is 0.189 e. The van der Waals surface area contributed by atoms with Crippen LogP contribution in [0.25, 0.3) is 0 Å². The average molecular weight is 340 g/mol. The molecule has 1 aromatic carbocycles. The van der Waals surface area contributed by atoms with Gasteiger partial charge in [-0.05, 0) is 77.0 Å². The van der Waals surface area contributed by atoms with Gasteiger partial charge >= 0.3 is 0 Å². The molecular formula is C15H25N5S2. The Bertz CT molecular complexity index is 517. The summed E-state index contributed by atoms with van der Waals surface area (Å²) < 4.78 is 0. The Labute approximate surface area is 143 Å². The number of hydrazine groups is 1. The van der Waals surface area contributed by atoms with E-state index in [9.17, 15) is 0 Å². The standard InChI is InChI=1S/C15H25N5S2/c1-11-6-7-13(12(2)10-11)17-15(22)19-18-14(21)16-8-5-9-20(3)4/h6-7,10H,5,8-9H2,1-4H3,(H2,16,18,21)(H2,17,19,22). The van der Waals surface area contributed by atoms with Gasteiger partial charge in [0, 0.05) is 12.2 Å². The summed E-state index contributed by atoms with van der Waals surface area (Å²) in [6, 6.07) is 6.16. The second kappa shape index (κ2) is 9.55. The third-order valence-corrected chi connectivity index (χ3v) is 3.44. The minimum Gasteiger partial charge on any atom is -0.361 e. The molecule has 0 aliphatic rings. The summed E-state index contributed by atoms with van der Waals surface area (Å²) in [5.41, 5.74) is 9.11. The van der Waals surface area contributed by atoms with E-state index < -0.39 is 0 Å². The van der Waals surface area contributed by atoms with Gasteiger partial charge in [-0.2, -0.15) is 0 Å². The highest BCUT2D eigenvalue weighted by Gasteiger charge is 2.02. The summed E-state index contributed by atoms with van der Waals surface area (Å²) in [5.74, 6) is 0. The first-order valence-corrected chi connectivity index (χ1v) is 8.03. The van der Waals surface area contributed by atoms with Crippen molar-refractivity contribution < 1.29 is 0 Å². The van der Waals surface area contributed by atoms with Gasteiger partial charge in [-0.1, -0.05) is 17.7 Å². The maximum atomic E-state index is 5.24. The number of benzene rings is 1. The van der Waals surface area contributed by atoms with Crippen molar-refractivity contribution in [1.82, 2.24) is 21.1 Å². The SMILES string of the molecule is Cc1ccc(NC(=S)NNC(=S)NCCCN(C)C)c(C)c1. The summed E-state index contributed by atoms with van der Waals surface area (Å²) in [5, 5.41) is 7.27. The molecular weight excluding hydrogens is 314 g/mol. The van der Waals surface area contributed by atoms with Crippen LogP contribution < -0.4 is 21.5 Å². The van der Waals surface area contributed by atoms with Gasteiger partial charge in [0.05, 0.1) is 0 Å². The summed E-state index contributed by atoms with van der Waals surface area (Å²) in [6.45, 7) is 5.95. The molecule has 0 fully saturated rings. The van der Waals surface area contributed by atoms with Gasteiger partial charge < -0.3 is 15.5 Å². The van der Waals surface area contributed by atoms with Crippen LogP contribution in [-0.2, 0) is 0 Å². The molecule has 1 rings (SSSR count). The normalized spacial score (nSPS) is 10.2. The van der Waals surface area contributed by atoms with Crippen LogP contribution in [0.5, 0.6) is 0 Å². The molecule has 0 saturated carbocycles. The third kappa shape index (κ3) is 7.53. The van der Waals surface area contributed by atoms with Crippen LogP contribution in [0, 0.1) is 13.8 Å². The van der Waals surface area contributed by atoms with Gasteiger partial charge in [-0.15, -0.1) is 0 Å². The van der Waals surface area contributed by atoms with E-state index in [1.165, 1.54) is 5.56 Å². The topological polar surface area (TPSA) is 51.4 Å². The quantitative estimate of drug-likeness (QED) is 0.371. The molecule has 0 spiro atoms. The van der Waals surface area contributed by atoms with Crippen molar-refractivity contribution in [2.45, 2.75) is 20.3 Å². The predicted molar refractivity (Wildman–Crippen MR) is 102 cm³/mol. The lowest BCUT2D eigenvalue weighted by Crippen LogP contribution is -2.48. The number of aryl methyl sites for hydroxylation is 2. The van der Waals surface area contributed by atoms with E-state index in [-0.39, 0.29) is 0 Å². The van der Waals surface area contributed by atoms with Crippen molar-refractivity contribution in [3.8, 4) is 0 Å². The monoisotopic (exact) mass is 339 g/mol. The number of nitrogens with zero attached hydrogens (tertiary/aromatic N) is 1. The maximum absolute atomic E-state index is 5.24. The molecule has 0 radical (unpaired) electrons. The Balaban J connectivity index is 2.26. The summed E-state index contributed by atoms with van der Waals surface area (Å²) in [7, 11) is 4.10. The van der Waals surface area contributed by atoms with Gasteiger partial charge in [0.1, 0.15) is 0 Å². The van der Waals surface area contributed by atoms with Crippen LogP contribution in [0.15, 0.2) is 18.2 Å². The van der Waals surface area contributed by atoms with Crippen molar-refractivity contribution in [1.29, 1.82) is 0 Å². The first kappa shape index (κ1) is 18.6. The van der Waals surface area contributed by atoms with Crippen molar-refractivity contribution in [2.75, 3.05) is 32.5 Å². The minimum atomic E-state index is 0.476. The minimum absolute atomic E-state index is 0.476. The highest BCUT2D eigenvalue weighted by atomic mass is 32.1. The number of hydrogen-bond donors (Lipinski definition) is 4. The van der Waals surface area contributed by atoms with Crippen molar-refractivity contribution in [3.05, 3.63) is 29.3 Å². The van der Waals surface area contributed by atoms with Gasteiger partial charge in [0.15, 0.2) is 10.2 Å². The number of anilines is 1. The molecule has 0 aliphatic carbocycles. The second-order valence-electron chi connectivity index (χ2n) is 5.44. The molecule has 0 unspecified atom stereocenters. The molecule has 7 heteroatoms. The Hall–Kier alpha value is -1.44. The molecule has 22 heavy (non-hydrogen) atoms. The number of thiocarbonyl (C=S) groups is 2. The molecule has 1 aromatic rings. The Kier molecular flexibility index (Phi) is 8.08. The van der Waals surface area contributed by atoms with E-state index in [0.717, 1.165) is 30.8 Å². The highest BCUT2D eigenvalue weighted by Crippen LogP contribution is 2.15. The average Bonchev–Trinajstić information content (AvgIpc) is 2.44. The molecule has 122 valence electrons. The van der Waals surface area contributed by atoms with Crippen LogP contribution in [-0.4, -0.2) is 42.3 Å². The van der Waals surface area contributed by atoms with E-state index in [2.05, 4.69) is 53.5 Å². The largest absolute Gasteiger partial charge is 0.361 e. The molecule has 0 saturated heterocycles. The van der Waals surface area contributed by atoms with Crippen LogP contribution in [0.2, 0.25) is 0 Å². The lowest BCUT2D eigenvalue weighted by molar-refractivity contribution is 0.400. The van der Waals surface area contributed by atoms with Crippen molar-refractivity contribution in [2.24, 2.45) is 0 Å². The van der Waals surface area contributed by atoms with Crippen LogP contribution in [0.4, 0.5) is 5.69 Å². The Morgan fingerprint density at radius 1 is 1.09 bits per heavy atom. The van der Waals surface area contributed by atoms with Crippen LogP contribution in [0.3, 0.4) is 0 Å². The predicted octanol–water partition coefficient (Wildman–Crippen LogP) is 1.92. The number of rotatable bonds is 5. The smallest absolute Gasteiger partial charge is 0.189 e. The fraction of sp³-hybridized carbons (Fsp3) is 0.467. The fourth-order valence-corrected chi connectivity index (χ4v) is 2.18. The van der Waals surface area contributed by atoms with Crippen LogP contribution in [0.1, 0.15) is 17.5 Å². The second-order valence-corrected chi connectivity index (χ2v) is 6.25. The first-order chi connectivity index (χ1) is 10.4. The Morgan fingerprint density at radius 2 is 1.77 bits per heavy atom. The lowest BCUT2D eigenvalue weighted by Gasteiger charge is -2.16. The summed E-state index contributed by atoms with van der Waals surface area (Å²) in [4.78, 5) is 2.14. The molecule has 4 N–H and O–H groups in total. The zero-order chi connectivity index (χ0) is 16.5. The number of nitrogens with one attached hydrogen (secondary N) is 4. The van der Waals surface area contributed by atoms with Crippen molar-refractivity contribution in [3.63, 3.8) is 0 Å². The zero-order valence-electron chi connectivity index (χ0n) is 13.6. The molecule has 0 aromatic heterocycles.